The molecule has 10 saturated heterocycles. The van der Waals surface area contributed by atoms with Crippen LogP contribution in [0.2, 0.25) is 47.2 Å². The van der Waals surface area contributed by atoms with Gasteiger partial charge in [0.25, 0.3) is 0 Å². The van der Waals surface area contributed by atoms with E-state index in [1.807, 2.05) is 0 Å². The third-order valence-corrected chi connectivity index (χ3v) is 61.6. The van der Waals surface area contributed by atoms with Crippen molar-refractivity contribution in [2.45, 2.75) is 52.1 Å². The summed E-state index contributed by atoms with van der Waals surface area (Å²) in [4.78, 5) is 23.3. The number of fused-ring (bicyclic) bond motifs is 10. The Morgan fingerprint density at radius 3 is 2.22 bits per heavy atom. The van der Waals surface area contributed by atoms with Crippen LogP contribution in [-0.2, 0) is 16.0 Å². The molecule has 10 aliphatic heterocycles. The van der Waals surface area contributed by atoms with Gasteiger partial charge in [0, 0.05) is 0 Å². The summed E-state index contributed by atoms with van der Waals surface area (Å²) in [6.45, 7) is -3.55. The van der Waals surface area contributed by atoms with Gasteiger partial charge in [-0.3, -0.25) is 0 Å². The molecule has 1 aromatic carbocycles. The summed E-state index contributed by atoms with van der Waals surface area (Å²) in [6, 6.07) is 11.0. The first-order valence-corrected chi connectivity index (χ1v) is 16.2. The fourth-order valence-corrected chi connectivity index (χ4v) is 98.4. The summed E-state index contributed by atoms with van der Waals surface area (Å²) < 4.78 is 6.46. The average molecular weight is 366 g/mol. The van der Waals surface area contributed by atoms with Gasteiger partial charge in [0.2, 0.25) is 0 Å². The third kappa shape index (κ3) is 0.135. The van der Waals surface area contributed by atoms with Crippen molar-refractivity contribution in [1.29, 1.82) is 0 Å². The molecule has 2 nitrogen and oxygen atoms in total. The first-order valence-electron chi connectivity index (χ1n) is 8.96. The van der Waals surface area contributed by atoms with E-state index in [2.05, 4.69) is 42.1 Å². The molecule has 8 atom stereocenters. The van der Waals surface area contributed by atoms with Gasteiger partial charge in [0.15, 0.2) is 0 Å². The Balaban J connectivity index is 1.23. The SMILES string of the molecule is COC(=O)[C]12[CH]3[CH]4[CH]5[CH]1[Fe]45321678[CH]2[CH]1[CH]6[C]7(CSc1ccccc1)[CH]28. The summed E-state index contributed by atoms with van der Waals surface area (Å²) in [5.41, 5.74) is 0. The number of benzene rings is 1. The second kappa shape index (κ2) is 1.02. The Labute approximate surface area is 129 Å². The maximum absolute atomic E-state index is 13.0. The topological polar surface area (TPSA) is 26.3 Å². The van der Waals surface area contributed by atoms with Crippen LogP contribution >= 0.6 is 11.8 Å². The number of carbonyl (C=O) groups excluding carboxylic acids is 1. The fraction of sp³-hybridized carbons (Fsp3) is 0.632. The molecular formula is C19H18FeO2S. The van der Waals surface area contributed by atoms with Crippen molar-refractivity contribution in [3.05, 3.63) is 30.3 Å². The molecule has 10 heterocycles. The number of hydrogen-bond acceptors (Lipinski definition) is 3. The summed E-state index contributed by atoms with van der Waals surface area (Å²) >= 11 is 2.12. The first kappa shape index (κ1) is 9.89. The van der Waals surface area contributed by atoms with Gasteiger partial charge in [-0.05, 0) is 0 Å². The molecule has 0 N–H and O–H groups in total. The van der Waals surface area contributed by atoms with Crippen molar-refractivity contribution in [2.75, 3.05) is 12.9 Å². The van der Waals surface area contributed by atoms with E-state index >= 15 is 0 Å². The van der Waals surface area contributed by atoms with Gasteiger partial charge in [0.1, 0.15) is 0 Å². The number of carbonyl (C=O) groups is 1. The molecule has 4 heteroatoms. The molecule has 0 amide bonds. The molecule has 1 spiro atoms. The predicted octanol–water partition coefficient (Wildman–Crippen LogP) is 5.08. The van der Waals surface area contributed by atoms with E-state index in [0.29, 0.717) is 5.97 Å². The summed E-state index contributed by atoms with van der Waals surface area (Å²) in [6.07, 6.45) is 0. The van der Waals surface area contributed by atoms with Crippen LogP contribution in [0.4, 0.5) is 0 Å². The van der Waals surface area contributed by atoms with Gasteiger partial charge in [0.05, 0.1) is 0 Å². The number of esters is 1. The minimum atomic E-state index is -3.55. The van der Waals surface area contributed by atoms with Crippen LogP contribution in [0.3, 0.4) is 0 Å². The molecule has 0 bridgehead atoms. The summed E-state index contributed by atoms with van der Waals surface area (Å²) in [7, 11) is 1.67. The van der Waals surface area contributed by atoms with Crippen molar-refractivity contribution < 1.29 is 16.0 Å². The summed E-state index contributed by atoms with van der Waals surface area (Å²) in [5, 5.41) is 0. The fourth-order valence-electron chi connectivity index (χ4n) is 18.8. The van der Waals surface area contributed by atoms with Crippen molar-refractivity contribution >= 4 is 17.7 Å². The first-order chi connectivity index (χ1) is 11.0. The number of rotatable bonds is 4. The van der Waals surface area contributed by atoms with Gasteiger partial charge < -0.3 is 0 Å². The van der Waals surface area contributed by atoms with E-state index in [1.54, 1.807) is 7.11 Å². The van der Waals surface area contributed by atoms with Crippen molar-refractivity contribution in [2.24, 2.45) is 0 Å². The monoisotopic (exact) mass is 366 g/mol. The van der Waals surface area contributed by atoms with Crippen molar-refractivity contribution in [3.63, 3.8) is 0 Å². The minimum absolute atomic E-state index is 0.237. The quantitative estimate of drug-likeness (QED) is 0.422. The molecule has 120 valence electrons. The van der Waals surface area contributed by atoms with Crippen LogP contribution in [0.25, 0.3) is 0 Å². The molecule has 11 rings (SSSR count). The van der Waals surface area contributed by atoms with Gasteiger partial charge in [-0.25, -0.2) is 0 Å². The van der Waals surface area contributed by atoms with Gasteiger partial charge in [-0.2, -0.15) is 0 Å². The molecule has 0 aromatic heterocycles. The zero-order chi connectivity index (χ0) is 14.7. The molecule has 10 fully saturated rings. The Bertz CT molecular complexity index is 1330. The van der Waals surface area contributed by atoms with E-state index in [9.17, 15) is 4.79 Å². The van der Waals surface area contributed by atoms with Crippen LogP contribution in [0.1, 0.15) is 0 Å². The van der Waals surface area contributed by atoms with E-state index in [4.69, 9.17) is 4.74 Å². The molecule has 0 aliphatic carbocycles. The normalized spacial score (nSPS) is 94.0. The Kier molecular flexibility index (Phi) is 0.438. The number of methoxy groups -OCH3 is 1. The number of ether oxygens (including phenoxy) is 1. The molecule has 10 aliphatic rings. The Morgan fingerprint density at radius 2 is 1.70 bits per heavy atom. The van der Waals surface area contributed by atoms with Crippen LogP contribution < -0.4 is 0 Å². The molecule has 0 radical (unpaired) electrons. The second-order valence-electron chi connectivity index (χ2n) is 12.0. The van der Waals surface area contributed by atoms with Gasteiger partial charge >= 0.3 is 129 Å². The standard InChI is InChI=1S/C12H11S.C7H7O2.Fe/c1-2-8-12(9-3-1)13-10-11-6-4-5-7-11;1-9-7(8)6-4-2-3-5-6;/h1-9H,10H2;2-5H,1H3;. The molecule has 0 saturated carbocycles. The Morgan fingerprint density at radius 1 is 1.09 bits per heavy atom. The second-order valence-corrected chi connectivity index (χ2v) is 36.4. The summed E-state index contributed by atoms with van der Waals surface area (Å²) in [5.74, 6) is 1.67. The average Bonchev–Trinajstić information content (AvgIpc) is 3.54. The Hall–Kier alpha value is -0.441. The van der Waals surface area contributed by atoms with E-state index in [0.717, 1.165) is 42.8 Å². The van der Waals surface area contributed by atoms with Crippen LogP contribution in [-0.4, -0.2) is 18.8 Å². The van der Waals surface area contributed by atoms with E-state index < -0.39 is 6.51 Å². The van der Waals surface area contributed by atoms with Crippen LogP contribution in [0, 0.1) is 0 Å². The number of thioether (sulfide) groups is 1. The maximum atomic E-state index is 13.0. The molecular weight excluding hydrogens is 348 g/mol. The predicted molar refractivity (Wildman–Crippen MR) is 84.6 cm³/mol. The van der Waals surface area contributed by atoms with Crippen LogP contribution in [0.15, 0.2) is 35.2 Å². The van der Waals surface area contributed by atoms with E-state index in [-0.39, 0.29) is 4.31 Å². The van der Waals surface area contributed by atoms with Crippen molar-refractivity contribution in [3.8, 4) is 0 Å². The zero-order valence-corrected chi connectivity index (χ0v) is 14.7. The molecule has 1 aromatic rings. The third-order valence-electron chi connectivity index (χ3n) is 16.8. The number of hydrogen-bond donors (Lipinski definition) is 0. The van der Waals surface area contributed by atoms with Gasteiger partial charge in [-0.15, -0.1) is 0 Å². The molecule has 8 unspecified atom stereocenters. The molecule has 23 heavy (non-hydrogen) atoms. The zero-order valence-electron chi connectivity index (χ0n) is 12.8. The van der Waals surface area contributed by atoms with Crippen LogP contribution in [0.5, 0.6) is 0 Å². The van der Waals surface area contributed by atoms with Gasteiger partial charge in [-0.1, -0.05) is 0 Å². The van der Waals surface area contributed by atoms with Crippen molar-refractivity contribution in [1.82, 2.24) is 0 Å². The van der Waals surface area contributed by atoms with E-state index in [1.165, 1.54) is 10.6 Å².